The molecule has 9 heteroatoms. The molecule has 1 heterocycles. The summed E-state index contributed by atoms with van der Waals surface area (Å²) in [4.78, 5) is 14.8. The number of rotatable bonds is 7. The number of nitrogens with zero attached hydrogens (tertiary/aromatic N) is 2. The van der Waals surface area contributed by atoms with Crippen molar-refractivity contribution in [3.63, 3.8) is 0 Å². The number of carbonyl (C=O) groups excluding carboxylic acids is 1. The zero-order valence-corrected chi connectivity index (χ0v) is 20.4. The van der Waals surface area contributed by atoms with E-state index in [0.717, 1.165) is 5.56 Å². The predicted octanol–water partition coefficient (Wildman–Crippen LogP) is 3.17. The van der Waals surface area contributed by atoms with E-state index >= 15 is 0 Å². The molecule has 3 rings (SSSR count). The van der Waals surface area contributed by atoms with Crippen molar-refractivity contribution in [3.8, 4) is 0 Å². The number of benzene rings is 2. The van der Waals surface area contributed by atoms with E-state index in [1.807, 2.05) is 57.1 Å². The smallest absolute Gasteiger partial charge is 0.251 e. The van der Waals surface area contributed by atoms with Gasteiger partial charge in [-0.05, 0) is 63.8 Å². The third-order valence-corrected chi connectivity index (χ3v) is 7.67. The van der Waals surface area contributed by atoms with Crippen molar-refractivity contribution in [2.24, 2.45) is 0 Å². The van der Waals surface area contributed by atoms with Crippen LogP contribution in [0.4, 0.5) is 0 Å². The summed E-state index contributed by atoms with van der Waals surface area (Å²) in [5.74, 6) is -0.276. The van der Waals surface area contributed by atoms with E-state index in [1.54, 1.807) is 0 Å². The quantitative estimate of drug-likeness (QED) is 0.659. The Morgan fingerprint density at radius 1 is 1.12 bits per heavy atom. The molecule has 32 heavy (non-hydrogen) atoms. The van der Waals surface area contributed by atoms with E-state index in [0.29, 0.717) is 30.2 Å². The normalized spacial score (nSPS) is 20.8. The van der Waals surface area contributed by atoms with Gasteiger partial charge >= 0.3 is 0 Å². The third-order valence-electron chi connectivity index (χ3n) is 5.48. The molecule has 0 aliphatic carbocycles. The van der Waals surface area contributed by atoms with Gasteiger partial charge in [-0.3, -0.25) is 4.79 Å². The van der Waals surface area contributed by atoms with Gasteiger partial charge < -0.3 is 15.0 Å². The molecule has 0 aromatic heterocycles. The number of hydrogen-bond acceptors (Lipinski definition) is 5. The Labute approximate surface area is 195 Å². The first-order chi connectivity index (χ1) is 15.1. The van der Waals surface area contributed by atoms with E-state index in [2.05, 4.69) is 5.32 Å². The van der Waals surface area contributed by atoms with Crippen LogP contribution in [0.3, 0.4) is 0 Å². The van der Waals surface area contributed by atoms with Crippen LogP contribution in [0.5, 0.6) is 0 Å². The summed E-state index contributed by atoms with van der Waals surface area (Å²) in [7, 11) is 0.200. The molecule has 2 aromatic carbocycles. The van der Waals surface area contributed by atoms with Crippen molar-refractivity contribution in [2.45, 2.75) is 37.0 Å². The van der Waals surface area contributed by atoms with Crippen LogP contribution < -0.4 is 5.32 Å². The number of amides is 1. The van der Waals surface area contributed by atoms with E-state index in [4.69, 9.17) is 16.3 Å². The maximum atomic E-state index is 13.0. The fourth-order valence-corrected chi connectivity index (χ4v) is 5.71. The van der Waals surface area contributed by atoms with Gasteiger partial charge in [-0.25, -0.2) is 8.42 Å². The number of halogens is 1. The van der Waals surface area contributed by atoms with Crippen molar-refractivity contribution < 1.29 is 17.9 Å². The van der Waals surface area contributed by atoms with Crippen LogP contribution in [-0.4, -0.2) is 69.5 Å². The Hall–Kier alpha value is -1.97. The molecular formula is C23H30ClN3O4S. The Bertz CT molecular complexity index is 1030. The van der Waals surface area contributed by atoms with Crippen LogP contribution in [0, 0.1) is 0 Å². The molecule has 1 amide bonds. The lowest BCUT2D eigenvalue weighted by Crippen LogP contribution is -2.48. The molecule has 174 valence electrons. The molecule has 0 radical (unpaired) electrons. The summed E-state index contributed by atoms with van der Waals surface area (Å²) >= 11 is 6.33. The van der Waals surface area contributed by atoms with Gasteiger partial charge in [-0.1, -0.05) is 29.8 Å². The molecule has 1 saturated heterocycles. The molecule has 3 unspecified atom stereocenters. The van der Waals surface area contributed by atoms with E-state index in [1.165, 1.54) is 28.6 Å². The highest BCUT2D eigenvalue weighted by atomic mass is 35.5. The molecule has 0 spiro atoms. The first-order valence-corrected chi connectivity index (χ1v) is 12.4. The van der Waals surface area contributed by atoms with Crippen LogP contribution in [0.15, 0.2) is 53.4 Å². The highest BCUT2D eigenvalue weighted by molar-refractivity contribution is 7.89. The Kier molecular flexibility index (Phi) is 7.95. The van der Waals surface area contributed by atoms with E-state index < -0.39 is 10.0 Å². The molecule has 3 atom stereocenters. The van der Waals surface area contributed by atoms with E-state index in [-0.39, 0.29) is 29.1 Å². The second-order valence-corrected chi connectivity index (χ2v) is 10.7. The fourth-order valence-electron chi connectivity index (χ4n) is 3.86. The SMILES string of the molecule is CC1CN(S(=O)(=O)c2ccc(C(=O)NCC(c3ccccc3Cl)N(C)C)cc2)CC(C)O1. The first-order valence-electron chi connectivity index (χ1n) is 10.5. The summed E-state index contributed by atoms with van der Waals surface area (Å²) in [6, 6.07) is 13.5. The maximum Gasteiger partial charge on any atom is 0.251 e. The number of carbonyl (C=O) groups is 1. The van der Waals surface area contributed by atoms with Crippen LogP contribution >= 0.6 is 11.6 Å². The van der Waals surface area contributed by atoms with Crippen LogP contribution in [-0.2, 0) is 14.8 Å². The van der Waals surface area contributed by atoms with Gasteiger partial charge in [0.25, 0.3) is 5.91 Å². The van der Waals surface area contributed by atoms with Gasteiger partial charge in [0, 0.05) is 30.2 Å². The lowest BCUT2D eigenvalue weighted by Gasteiger charge is -2.34. The minimum Gasteiger partial charge on any atom is -0.373 e. The Balaban J connectivity index is 1.69. The number of likely N-dealkylation sites (N-methyl/N-ethyl adjacent to an activating group) is 1. The lowest BCUT2D eigenvalue weighted by atomic mass is 10.1. The molecule has 1 N–H and O–H groups in total. The molecule has 2 aromatic rings. The fraction of sp³-hybridized carbons (Fsp3) is 0.435. The van der Waals surface area contributed by atoms with Crippen LogP contribution in [0.25, 0.3) is 0 Å². The molecule has 7 nitrogen and oxygen atoms in total. The topological polar surface area (TPSA) is 79.0 Å². The maximum absolute atomic E-state index is 13.0. The van der Waals surface area contributed by atoms with Gasteiger partial charge in [-0.2, -0.15) is 4.31 Å². The predicted molar refractivity (Wildman–Crippen MR) is 125 cm³/mol. The average molecular weight is 480 g/mol. The minimum atomic E-state index is -3.65. The van der Waals surface area contributed by atoms with Gasteiger partial charge in [0.1, 0.15) is 0 Å². The van der Waals surface area contributed by atoms with Crippen molar-refractivity contribution in [1.82, 2.24) is 14.5 Å². The number of morpholine rings is 1. The summed E-state index contributed by atoms with van der Waals surface area (Å²) in [6.45, 7) is 4.69. The third kappa shape index (κ3) is 5.68. The summed E-state index contributed by atoms with van der Waals surface area (Å²) in [5, 5.41) is 3.56. The number of hydrogen-bond donors (Lipinski definition) is 1. The average Bonchev–Trinajstić information content (AvgIpc) is 2.74. The van der Waals surface area contributed by atoms with Crippen molar-refractivity contribution >= 4 is 27.5 Å². The van der Waals surface area contributed by atoms with Crippen LogP contribution in [0.2, 0.25) is 5.02 Å². The largest absolute Gasteiger partial charge is 0.373 e. The molecule has 1 aliphatic rings. The zero-order chi connectivity index (χ0) is 23.5. The van der Waals surface area contributed by atoms with Crippen molar-refractivity contribution in [2.75, 3.05) is 33.7 Å². The monoisotopic (exact) mass is 479 g/mol. The highest BCUT2D eigenvalue weighted by Gasteiger charge is 2.32. The molecule has 1 aliphatic heterocycles. The number of ether oxygens (including phenoxy) is 1. The molecular weight excluding hydrogens is 450 g/mol. The zero-order valence-electron chi connectivity index (χ0n) is 18.8. The summed E-state index contributed by atoms with van der Waals surface area (Å²) in [5.41, 5.74) is 1.32. The standard InChI is InChI=1S/C23H30ClN3O4S/c1-16-14-27(15-17(2)31-16)32(29,30)19-11-9-18(10-12-19)23(28)25-13-22(26(3)4)20-7-5-6-8-21(20)24/h5-12,16-17,22H,13-15H2,1-4H3,(H,25,28). The lowest BCUT2D eigenvalue weighted by molar-refractivity contribution is -0.0440. The van der Waals surface area contributed by atoms with E-state index in [9.17, 15) is 13.2 Å². The minimum absolute atomic E-state index is 0.0994. The van der Waals surface area contributed by atoms with Gasteiger partial charge in [0.2, 0.25) is 10.0 Å². The molecule has 0 saturated carbocycles. The molecule has 0 bridgehead atoms. The second-order valence-electron chi connectivity index (χ2n) is 8.31. The molecule has 1 fully saturated rings. The highest BCUT2D eigenvalue weighted by Crippen LogP contribution is 2.26. The number of nitrogens with one attached hydrogen (secondary N) is 1. The van der Waals surface area contributed by atoms with Gasteiger partial charge in [-0.15, -0.1) is 0 Å². The van der Waals surface area contributed by atoms with Crippen LogP contribution in [0.1, 0.15) is 35.8 Å². The Morgan fingerprint density at radius 2 is 1.72 bits per heavy atom. The summed E-state index contributed by atoms with van der Waals surface area (Å²) in [6.07, 6.45) is -0.331. The number of sulfonamides is 1. The van der Waals surface area contributed by atoms with Gasteiger partial charge in [0.05, 0.1) is 23.1 Å². The van der Waals surface area contributed by atoms with Gasteiger partial charge in [0.15, 0.2) is 0 Å². The summed E-state index contributed by atoms with van der Waals surface area (Å²) < 4.78 is 33.0. The first kappa shape index (κ1) is 24.7. The second kappa shape index (κ2) is 10.3. The Morgan fingerprint density at radius 3 is 2.28 bits per heavy atom. The van der Waals surface area contributed by atoms with Crippen molar-refractivity contribution in [3.05, 3.63) is 64.7 Å². The van der Waals surface area contributed by atoms with Crippen molar-refractivity contribution in [1.29, 1.82) is 0 Å².